The summed E-state index contributed by atoms with van der Waals surface area (Å²) in [6, 6.07) is 17.9. The van der Waals surface area contributed by atoms with Crippen LogP contribution in [-0.2, 0) is 15.9 Å². The predicted molar refractivity (Wildman–Crippen MR) is 162 cm³/mol. The molecule has 0 bridgehead atoms. The molecule has 47 heavy (non-hydrogen) atoms. The van der Waals surface area contributed by atoms with Gasteiger partial charge in [-0.15, -0.1) is 0 Å². The summed E-state index contributed by atoms with van der Waals surface area (Å²) in [6.07, 6.45) is -1.74. The minimum atomic E-state index is -1.16. The molecule has 4 rings (SSSR count). The average Bonchev–Trinajstić information content (AvgIpc) is 3.06. The second-order valence-corrected chi connectivity index (χ2v) is 10.3. The molecule has 0 aromatic heterocycles. The number of hydrogen-bond donors (Lipinski definition) is 8. The quantitative estimate of drug-likeness (QED) is 0.0723. The molecule has 8 N–H and O–H groups in total. The van der Waals surface area contributed by atoms with Crippen molar-refractivity contribution in [3.63, 3.8) is 0 Å². The van der Waals surface area contributed by atoms with E-state index in [-0.39, 0.29) is 24.3 Å². The van der Waals surface area contributed by atoms with Crippen LogP contribution in [0.25, 0.3) is 0 Å². The minimum absolute atomic E-state index is 0.176. The third-order valence-electron chi connectivity index (χ3n) is 6.56. The van der Waals surface area contributed by atoms with Crippen LogP contribution in [0.4, 0.5) is 0 Å². The molecular weight excluding hydrogens is 620 g/mol. The van der Waals surface area contributed by atoms with Gasteiger partial charge >= 0.3 is 11.9 Å². The Balaban J connectivity index is 1.16. The second-order valence-electron chi connectivity index (χ2n) is 10.3. The van der Waals surface area contributed by atoms with E-state index in [4.69, 9.17) is 18.9 Å². The molecule has 2 atom stereocenters. The molecule has 4 aromatic carbocycles. The van der Waals surface area contributed by atoms with Gasteiger partial charge in [-0.2, -0.15) is 0 Å². The summed E-state index contributed by atoms with van der Waals surface area (Å²) in [6.45, 7) is -1.18. The molecule has 0 radical (unpaired) electrons. The van der Waals surface area contributed by atoms with Crippen molar-refractivity contribution >= 4 is 11.9 Å². The highest BCUT2D eigenvalue weighted by atomic mass is 16.6. The van der Waals surface area contributed by atoms with Crippen molar-refractivity contribution in [2.24, 2.45) is 0 Å². The van der Waals surface area contributed by atoms with Gasteiger partial charge in [0.15, 0.2) is 34.5 Å². The van der Waals surface area contributed by atoms with Gasteiger partial charge in [-0.1, -0.05) is 24.3 Å². The maximum Gasteiger partial charge on any atom is 0.338 e. The zero-order valence-corrected chi connectivity index (χ0v) is 24.6. The van der Waals surface area contributed by atoms with E-state index >= 15 is 0 Å². The highest BCUT2D eigenvalue weighted by Crippen LogP contribution is 2.36. The van der Waals surface area contributed by atoms with Crippen LogP contribution in [0.1, 0.15) is 31.8 Å². The Bertz CT molecular complexity index is 1510. The molecule has 0 fully saturated rings. The number of phenols is 6. The Labute approximate surface area is 267 Å². The van der Waals surface area contributed by atoms with Gasteiger partial charge in [-0.25, -0.2) is 9.59 Å². The molecule has 0 spiro atoms. The predicted octanol–water partition coefficient (Wildman–Crippen LogP) is 2.70. The number of aliphatic hydroxyl groups excluding tert-OH is 2. The van der Waals surface area contributed by atoms with Crippen LogP contribution < -0.4 is 9.47 Å². The molecule has 0 saturated carbocycles. The zero-order chi connectivity index (χ0) is 34.1. The summed E-state index contributed by atoms with van der Waals surface area (Å²) in [5.41, 5.74) is 1.51. The Morgan fingerprint density at radius 2 is 0.830 bits per heavy atom. The normalized spacial score (nSPS) is 12.1. The number of ether oxygens (including phenoxy) is 4. The van der Waals surface area contributed by atoms with E-state index < -0.39 is 71.9 Å². The summed E-state index contributed by atoms with van der Waals surface area (Å²) in [5.74, 6) is -5.20. The molecule has 248 valence electrons. The highest BCUT2D eigenvalue weighted by Gasteiger charge is 2.18. The summed E-state index contributed by atoms with van der Waals surface area (Å²) < 4.78 is 21.0. The molecule has 0 amide bonds. The number of hydrogen-bond acceptors (Lipinski definition) is 14. The molecule has 0 saturated heterocycles. The molecule has 0 aliphatic rings. The van der Waals surface area contributed by atoms with Gasteiger partial charge < -0.3 is 59.8 Å². The number of phenolic OH excluding ortho intramolecular Hbond substituents is 6. The van der Waals surface area contributed by atoms with E-state index in [0.717, 1.165) is 35.4 Å². The van der Waals surface area contributed by atoms with Crippen molar-refractivity contribution in [3.8, 4) is 46.0 Å². The molecule has 14 nitrogen and oxygen atoms in total. The Hall–Kier alpha value is -5.86. The minimum Gasteiger partial charge on any atom is -0.504 e. The van der Waals surface area contributed by atoms with Crippen LogP contribution in [0.5, 0.6) is 46.0 Å². The monoisotopic (exact) mass is 652 g/mol. The largest absolute Gasteiger partial charge is 0.504 e. The molecule has 2 unspecified atom stereocenters. The van der Waals surface area contributed by atoms with Gasteiger partial charge in [0.1, 0.15) is 50.1 Å². The van der Waals surface area contributed by atoms with Crippen molar-refractivity contribution in [2.75, 3.05) is 26.4 Å². The van der Waals surface area contributed by atoms with E-state index in [1.165, 1.54) is 0 Å². The first-order chi connectivity index (χ1) is 22.4. The van der Waals surface area contributed by atoms with Gasteiger partial charge in [0.25, 0.3) is 0 Å². The summed E-state index contributed by atoms with van der Waals surface area (Å²) in [5, 5.41) is 77.0. The average molecular weight is 653 g/mol. The fourth-order valence-electron chi connectivity index (χ4n) is 4.08. The van der Waals surface area contributed by atoms with E-state index in [0.29, 0.717) is 17.9 Å². The maximum absolute atomic E-state index is 12.1. The van der Waals surface area contributed by atoms with Gasteiger partial charge in [-0.05, 0) is 66.1 Å². The fraction of sp³-hybridized carbons (Fsp3) is 0.212. The van der Waals surface area contributed by atoms with Crippen molar-refractivity contribution in [1.29, 1.82) is 0 Å². The molecule has 14 heteroatoms. The van der Waals surface area contributed by atoms with Crippen molar-refractivity contribution in [2.45, 2.75) is 18.6 Å². The van der Waals surface area contributed by atoms with E-state index in [9.17, 15) is 50.4 Å². The van der Waals surface area contributed by atoms with Crippen LogP contribution in [0.15, 0.2) is 72.8 Å². The molecule has 0 aliphatic carbocycles. The van der Waals surface area contributed by atoms with E-state index in [2.05, 4.69) is 0 Å². The molecule has 4 aromatic rings. The van der Waals surface area contributed by atoms with Crippen LogP contribution in [0.2, 0.25) is 0 Å². The highest BCUT2D eigenvalue weighted by molar-refractivity contribution is 5.91. The van der Waals surface area contributed by atoms with Crippen molar-refractivity contribution in [1.82, 2.24) is 0 Å². The topological polar surface area (TPSA) is 233 Å². The first-order valence-corrected chi connectivity index (χ1v) is 14.0. The number of esters is 2. The van der Waals surface area contributed by atoms with Gasteiger partial charge in [-0.3, -0.25) is 0 Å². The summed E-state index contributed by atoms with van der Waals surface area (Å²) in [7, 11) is 0. The number of carbonyl (C=O) groups is 2. The number of aromatic hydroxyl groups is 6. The molecule has 0 aliphatic heterocycles. The van der Waals surface area contributed by atoms with Crippen molar-refractivity contribution < 1.29 is 69.4 Å². The van der Waals surface area contributed by atoms with Crippen LogP contribution in [0, 0.1) is 0 Å². The summed E-state index contributed by atoms with van der Waals surface area (Å²) >= 11 is 0. The van der Waals surface area contributed by atoms with Crippen LogP contribution in [0.3, 0.4) is 0 Å². The zero-order valence-electron chi connectivity index (χ0n) is 24.6. The standard InChI is InChI=1S/C33H32O14/c34-22(16-46-32(42)20-10-26(36)30(40)27(37)11-20)14-44-24-5-1-18(2-6-24)9-19-3-7-25(8-4-19)45-15-23(35)17-47-33(43)21-12-28(38)31(41)29(39)13-21/h1-8,10-13,22-23,34-41H,9,14-17H2. The lowest BCUT2D eigenvalue weighted by molar-refractivity contribution is 0.0127. The van der Waals surface area contributed by atoms with Crippen molar-refractivity contribution in [3.05, 3.63) is 95.1 Å². The molecular formula is C33H32O14. The van der Waals surface area contributed by atoms with E-state index in [1.54, 1.807) is 24.3 Å². The maximum atomic E-state index is 12.1. The Morgan fingerprint density at radius 3 is 1.15 bits per heavy atom. The lowest BCUT2D eigenvalue weighted by Crippen LogP contribution is -2.25. The number of rotatable bonds is 14. The smallest absolute Gasteiger partial charge is 0.338 e. The van der Waals surface area contributed by atoms with Gasteiger partial charge in [0.2, 0.25) is 0 Å². The van der Waals surface area contributed by atoms with Gasteiger partial charge in [0.05, 0.1) is 11.1 Å². The number of aliphatic hydroxyl groups is 2. The third kappa shape index (κ3) is 9.56. The number of benzene rings is 4. The lowest BCUT2D eigenvalue weighted by atomic mass is 10.0. The first kappa shape index (κ1) is 34.0. The Morgan fingerprint density at radius 1 is 0.511 bits per heavy atom. The third-order valence-corrected chi connectivity index (χ3v) is 6.56. The Kier molecular flexibility index (Phi) is 11.2. The number of carbonyl (C=O) groups excluding carboxylic acids is 2. The SMILES string of the molecule is O=C(OCC(O)COc1ccc(Cc2ccc(OCC(O)COC(=O)c3cc(O)c(O)c(O)c3)cc2)cc1)c1cc(O)c(O)c(O)c1. The summed E-state index contributed by atoms with van der Waals surface area (Å²) in [4.78, 5) is 24.2. The van der Waals surface area contributed by atoms with Crippen LogP contribution >= 0.6 is 0 Å². The fourth-order valence-corrected chi connectivity index (χ4v) is 4.08. The lowest BCUT2D eigenvalue weighted by Gasteiger charge is -2.14. The van der Waals surface area contributed by atoms with Gasteiger partial charge in [0, 0.05) is 0 Å². The van der Waals surface area contributed by atoms with Crippen LogP contribution in [-0.4, -0.2) is 91.4 Å². The second kappa shape index (κ2) is 15.4. The first-order valence-electron chi connectivity index (χ1n) is 14.0. The molecule has 0 heterocycles. The van der Waals surface area contributed by atoms with E-state index in [1.807, 2.05) is 24.3 Å².